The van der Waals surface area contributed by atoms with Crippen LogP contribution in [-0.4, -0.2) is 19.0 Å². The molecule has 2 rings (SSSR count). The quantitative estimate of drug-likeness (QED) is 0.917. The lowest BCUT2D eigenvalue weighted by Crippen LogP contribution is -2.42. The van der Waals surface area contributed by atoms with Gasteiger partial charge in [-0.3, -0.25) is 4.79 Å². The molecule has 1 aromatic carbocycles. The molecule has 0 saturated heterocycles. The van der Waals surface area contributed by atoms with Gasteiger partial charge in [-0.15, -0.1) is 0 Å². The Bertz CT molecular complexity index is 458. The molecule has 3 nitrogen and oxygen atoms in total. The topological polar surface area (TPSA) is 46.3 Å². The number of rotatable bonds is 4. The lowest BCUT2D eigenvalue weighted by molar-refractivity contribution is -0.124. The van der Waals surface area contributed by atoms with Crippen molar-refractivity contribution in [3.05, 3.63) is 29.8 Å². The first-order valence-corrected chi connectivity index (χ1v) is 7.76. The first-order chi connectivity index (χ1) is 9.69. The number of amides is 1. The molecular formula is C17H26N2O. The molecule has 1 aliphatic rings. The van der Waals surface area contributed by atoms with Crippen LogP contribution >= 0.6 is 0 Å². The second kappa shape index (κ2) is 6.89. The predicted octanol–water partition coefficient (Wildman–Crippen LogP) is 3.11. The average molecular weight is 274 g/mol. The van der Waals surface area contributed by atoms with Crippen molar-refractivity contribution in [2.45, 2.75) is 39.5 Å². The van der Waals surface area contributed by atoms with Gasteiger partial charge in [0.05, 0.1) is 0 Å². The highest BCUT2D eigenvalue weighted by Crippen LogP contribution is 2.32. The number of aryl methyl sites for hydroxylation is 1. The number of anilines is 1. The van der Waals surface area contributed by atoms with Crippen LogP contribution in [0.3, 0.4) is 0 Å². The van der Waals surface area contributed by atoms with E-state index in [4.69, 9.17) is 5.73 Å². The van der Waals surface area contributed by atoms with Gasteiger partial charge < -0.3 is 10.6 Å². The van der Waals surface area contributed by atoms with Gasteiger partial charge in [0.15, 0.2) is 0 Å². The van der Waals surface area contributed by atoms with E-state index in [1.807, 2.05) is 30.0 Å². The molecular weight excluding hydrogens is 248 g/mol. The van der Waals surface area contributed by atoms with Crippen LogP contribution in [0.25, 0.3) is 0 Å². The Morgan fingerprint density at radius 1 is 1.30 bits per heavy atom. The van der Waals surface area contributed by atoms with E-state index in [0.717, 1.165) is 37.1 Å². The maximum absolute atomic E-state index is 12.9. The van der Waals surface area contributed by atoms with Gasteiger partial charge in [0, 0.05) is 18.2 Å². The molecule has 1 aliphatic carbocycles. The highest BCUT2D eigenvalue weighted by Gasteiger charge is 2.33. The van der Waals surface area contributed by atoms with E-state index in [1.54, 1.807) is 0 Å². The Labute approximate surface area is 122 Å². The van der Waals surface area contributed by atoms with Gasteiger partial charge in [0.25, 0.3) is 0 Å². The predicted molar refractivity (Wildman–Crippen MR) is 83.7 cm³/mol. The number of para-hydroxylation sites is 1. The van der Waals surface area contributed by atoms with Crippen LogP contribution < -0.4 is 10.6 Å². The van der Waals surface area contributed by atoms with Crippen LogP contribution in [0.5, 0.6) is 0 Å². The minimum absolute atomic E-state index is 0.105. The first-order valence-electron chi connectivity index (χ1n) is 7.76. The lowest BCUT2D eigenvalue weighted by Gasteiger charge is -2.34. The minimum Gasteiger partial charge on any atom is -0.330 e. The summed E-state index contributed by atoms with van der Waals surface area (Å²) in [5, 5.41) is 0. The maximum atomic E-state index is 12.9. The molecule has 0 aliphatic heterocycles. The lowest BCUT2D eigenvalue weighted by atomic mass is 9.78. The number of hydrogen-bond acceptors (Lipinski definition) is 2. The fraction of sp³-hybridized carbons (Fsp3) is 0.588. The second-order valence-corrected chi connectivity index (χ2v) is 5.76. The minimum atomic E-state index is 0.105. The second-order valence-electron chi connectivity index (χ2n) is 5.76. The molecule has 0 radical (unpaired) electrons. The molecule has 0 aromatic heterocycles. The fourth-order valence-corrected chi connectivity index (χ4v) is 3.33. The third-order valence-corrected chi connectivity index (χ3v) is 4.52. The zero-order chi connectivity index (χ0) is 14.5. The van der Waals surface area contributed by atoms with E-state index in [9.17, 15) is 4.79 Å². The summed E-state index contributed by atoms with van der Waals surface area (Å²) in [5.74, 6) is 0.722. The summed E-state index contributed by atoms with van der Waals surface area (Å²) in [4.78, 5) is 14.9. The summed E-state index contributed by atoms with van der Waals surface area (Å²) in [7, 11) is 0. The summed E-state index contributed by atoms with van der Waals surface area (Å²) in [6.07, 6.45) is 4.45. The molecule has 1 saturated carbocycles. The summed E-state index contributed by atoms with van der Waals surface area (Å²) in [6.45, 7) is 5.45. The van der Waals surface area contributed by atoms with Crippen molar-refractivity contribution < 1.29 is 4.79 Å². The van der Waals surface area contributed by atoms with E-state index in [2.05, 4.69) is 13.0 Å². The van der Waals surface area contributed by atoms with Crippen molar-refractivity contribution >= 4 is 11.6 Å². The Hall–Kier alpha value is -1.35. The number of carbonyl (C=O) groups is 1. The summed E-state index contributed by atoms with van der Waals surface area (Å²) in [6, 6.07) is 8.11. The van der Waals surface area contributed by atoms with Crippen molar-refractivity contribution in [3.8, 4) is 0 Å². The largest absolute Gasteiger partial charge is 0.330 e. The normalized spacial score (nSPS) is 22.6. The van der Waals surface area contributed by atoms with E-state index in [0.29, 0.717) is 12.5 Å². The molecule has 2 unspecified atom stereocenters. The van der Waals surface area contributed by atoms with Crippen molar-refractivity contribution in [2.24, 2.45) is 17.6 Å². The SMILES string of the molecule is CCN(C(=O)C1CCCCC1CN)c1ccccc1C. The Morgan fingerprint density at radius 2 is 2.00 bits per heavy atom. The highest BCUT2D eigenvalue weighted by atomic mass is 16.2. The molecule has 2 N–H and O–H groups in total. The molecule has 20 heavy (non-hydrogen) atoms. The Kier molecular flexibility index (Phi) is 5.18. The van der Waals surface area contributed by atoms with E-state index in [-0.39, 0.29) is 11.8 Å². The third kappa shape index (κ3) is 3.04. The molecule has 110 valence electrons. The van der Waals surface area contributed by atoms with Crippen molar-refractivity contribution in [1.82, 2.24) is 0 Å². The van der Waals surface area contributed by atoms with Crippen molar-refractivity contribution in [3.63, 3.8) is 0 Å². The molecule has 3 heteroatoms. The zero-order valence-corrected chi connectivity index (χ0v) is 12.6. The molecule has 1 amide bonds. The first kappa shape index (κ1) is 15.0. The van der Waals surface area contributed by atoms with Gasteiger partial charge in [-0.05, 0) is 50.8 Å². The average Bonchev–Trinajstić information content (AvgIpc) is 2.49. The van der Waals surface area contributed by atoms with Crippen LogP contribution in [0.2, 0.25) is 0 Å². The summed E-state index contributed by atoms with van der Waals surface area (Å²) >= 11 is 0. The molecule has 1 fully saturated rings. The van der Waals surface area contributed by atoms with Crippen LogP contribution in [0.4, 0.5) is 5.69 Å². The molecule has 0 spiro atoms. The number of benzene rings is 1. The Balaban J connectivity index is 2.22. The van der Waals surface area contributed by atoms with Gasteiger partial charge in [0.2, 0.25) is 5.91 Å². The van der Waals surface area contributed by atoms with Gasteiger partial charge in [-0.25, -0.2) is 0 Å². The van der Waals surface area contributed by atoms with Crippen molar-refractivity contribution in [1.29, 1.82) is 0 Å². The third-order valence-electron chi connectivity index (χ3n) is 4.52. The monoisotopic (exact) mass is 274 g/mol. The van der Waals surface area contributed by atoms with Crippen molar-refractivity contribution in [2.75, 3.05) is 18.0 Å². The Morgan fingerprint density at radius 3 is 2.65 bits per heavy atom. The van der Waals surface area contributed by atoms with Crippen LogP contribution in [0, 0.1) is 18.8 Å². The smallest absolute Gasteiger partial charge is 0.230 e. The molecule has 0 heterocycles. The number of hydrogen-bond donors (Lipinski definition) is 1. The maximum Gasteiger partial charge on any atom is 0.230 e. The molecule has 1 aromatic rings. The fourth-order valence-electron chi connectivity index (χ4n) is 3.33. The van der Waals surface area contributed by atoms with Gasteiger partial charge >= 0.3 is 0 Å². The van der Waals surface area contributed by atoms with E-state index in [1.165, 1.54) is 6.42 Å². The van der Waals surface area contributed by atoms with Crippen LogP contribution in [-0.2, 0) is 4.79 Å². The van der Waals surface area contributed by atoms with E-state index >= 15 is 0 Å². The van der Waals surface area contributed by atoms with Gasteiger partial charge in [0.1, 0.15) is 0 Å². The number of nitrogens with zero attached hydrogens (tertiary/aromatic N) is 1. The summed E-state index contributed by atoms with van der Waals surface area (Å²) in [5.41, 5.74) is 8.07. The van der Waals surface area contributed by atoms with Crippen LogP contribution in [0.15, 0.2) is 24.3 Å². The zero-order valence-electron chi connectivity index (χ0n) is 12.6. The van der Waals surface area contributed by atoms with Crippen LogP contribution in [0.1, 0.15) is 38.2 Å². The van der Waals surface area contributed by atoms with Gasteiger partial charge in [-0.2, -0.15) is 0 Å². The molecule has 0 bridgehead atoms. The highest BCUT2D eigenvalue weighted by molar-refractivity contribution is 5.95. The standard InChI is InChI=1S/C17H26N2O/c1-3-19(16-11-7-4-8-13(16)2)17(20)15-10-6-5-9-14(15)12-18/h4,7-8,11,14-15H,3,5-6,9-10,12,18H2,1-2H3. The summed E-state index contributed by atoms with van der Waals surface area (Å²) < 4.78 is 0. The number of nitrogens with two attached hydrogens (primary N) is 1. The molecule has 2 atom stereocenters. The van der Waals surface area contributed by atoms with E-state index < -0.39 is 0 Å². The van der Waals surface area contributed by atoms with Gasteiger partial charge in [-0.1, -0.05) is 31.0 Å². The number of carbonyl (C=O) groups excluding carboxylic acids is 1.